The highest BCUT2D eigenvalue weighted by Gasteiger charge is 2.58. The van der Waals surface area contributed by atoms with Gasteiger partial charge in [0.05, 0.1) is 11.4 Å². The van der Waals surface area contributed by atoms with Crippen LogP contribution in [-0.2, 0) is 15.3 Å². The molecule has 1 N–H and O–H groups in total. The minimum atomic E-state index is -0.144. The van der Waals surface area contributed by atoms with Crippen LogP contribution in [0, 0.1) is 5.41 Å². The van der Waals surface area contributed by atoms with E-state index in [1.807, 2.05) is 12.1 Å². The van der Waals surface area contributed by atoms with Crippen LogP contribution in [0.5, 0.6) is 0 Å². The fraction of sp³-hybridized carbons (Fsp3) is 0.625. The number of hydrogen-bond donors (Lipinski definition) is 1. The van der Waals surface area contributed by atoms with Crippen molar-refractivity contribution in [2.24, 2.45) is 5.41 Å². The van der Waals surface area contributed by atoms with Crippen LogP contribution < -0.4 is 5.32 Å². The molecule has 0 saturated heterocycles. The van der Waals surface area contributed by atoms with Gasteiger partial charge in [-0.25, -0.2) is 0 Å². The number of rotatable bonds is 6. The maximum Gasteiger partial charge on any atom is 0.230 e. The Labute approximate surface area is 131 Å². The second kappa shape index (κ2) is 6.36. The molecule has 21 heavy (non-hydrogen) atoms. The highest BCUT2D eigenvalue weighted by Crippen LogP contribution is 2.51. The van der Waals surface area contributed by atoms with Crippen LogP contribution in [0.2, 0.25) is 0 Å². The summed E-state index contributed by atoms with van der Waals surface area (Å²) in [5.74, 6) is 1.42. The molecule has 0 spiro atoms. The predicted molar refractivity (Wildman–Crippen MR) is 86.1 cm³/mol. The molecule has 2 atom stereocenters. The number of carbonyl (C=O) groups is 1. The third-order valence-electron chi connectivity index (χ3n) is 4.86. The van der Waals surface area contributed by atoms with Crippen LogP contribution in [0.4, 0.5) is 0 Å². The summed E-state index contributed by atoms with van der Waals surface area (Å²) in [6.45, 7) is 6.40. The van der Waals surface area contributed by atoms with E-state index in [1.165, 1.54) is 5.56 Å². The van der Waals surface area contributed by atoms with Crippen LogP contribution in [0.3, 0.4) is 0 Å². The molecule has 0 radical (unpaired) electrons. The third-order valence-corrected chi connectivity index (χ3v) is 5.87. The van der Waals surface area contributed by atoms with Gasteiger partial charge in [0.15, 0.2) is 0 Å². The van der Waals surface area contributed by atoms with E-state index < -0.39 is 0 Å². The molecular weight excluding hydrogens is 284 g/mol. The molecule has 2 unspecified atom stereocenters. The van der Waals surface area contributed by atoms with Crippen LogP contribution in [0.1, 0.15) is 32.8 Å². The molecule has 2 rings (SSSR count). The molecule has 1 aliphatic rings. The average Bonchev–Trinajstić information content (AvgIpc) is 2.47. The Morgan fingerprint density at radius 1 is 1.43 bits per heavy atom. The summed E-state index contributed by atoms with van der Waals surface area (Å²) in [6, 6.07) is 4.14. The Morgan fingerprint density at radius 2 is 2.10 bits per heavy atom. The summed E-state index contributed by atoms with van der Waals surface area (Å²) in [7, 11) is 1.74. The summed E-state index contributed by atoms with van der Waals surface area (Å²) in [6.07, 6.45) is 4.42. The van der Waals surface area contributed by atoms with Gasteiger partial charge in [-0.15, -0.1) is 11.8 Å². The Morgan fingerprint density at radius 3 is 2.67 bits per heavy atom. The standard InChI is InChI=1S/C16H24N2O2S/c1-15(2)13(9-16(15,3)20-4)18-14(19)11-21-10-12-5-7-17-8-6-12/h5-8,13H,9-11H2,1-4H3,(H,18,19). The Kier molecular flexibility index (Phi) is 4.94. The number of nitrogens with zero attached hydrogens (tertiary/aromatic N) is 1. The first-order valence-corrected chi connectivity index (χ1v) is 8.36. The zero-order valence-electron chi connectivity index (χ0n) is 13.2. The van der Waals surface area contributed by atoms with Crippen molar-refractivity contribution < 1.29 is 9.53 Å². The van der Waals surface area contributed by atoms with Crippen LogP contribution in [0.15, 0.2) is 24.5 Å². The van der Waals surface area contributed by atoms with Gasteiger partial charge in [0.1, 0.15) is 0 Å². The number of ether oxygens (including phenoxy) is 1. The topological polar surface area (TPSA) is 51.2 Å². The van der Waals surface area contributed by atoms with E-state index in [9.17, 15) is 4.79 Å². The van der Waals surface area contributed by atoms with E-state index in [-0.39, 0.29) is 23.0 Å². The first-order chi connectivity index (χ1) is 9.89. The fourth-order valence-corrected chi connectivity index (χ4v) is 3.50. The Balaban J connectivity index is 1.74. The average molecular weight is 308 g/mol. The van der Waals surface area contributed by atoms with Crippen molar-refractivity contribution in [2.75, 3.05) is 12.9 Å². The second-order valence-electron chi connectivity index (χ2n) is 6.33. The minimum absolute atomic E-state index is 0.0345. The number of amides is 1. The molecule has 4 nitrogen and oxygen atoms in total. The van der Waals surface area contributed by atoms with Crippen molar-refractivity contribution in [2.45, 2.75) is 44.6 Å². The summed E-state index contributed by atoms with van der Waals surface area (Å²) in [5, 5.41) is 3.13. The van der Waals surface area contributed by atoms with Gasteiger partial charge < -0.3 is 10.1 Å². The summed E-state index contributed by atoms with van der Waals surface area (Å²) in [5.41, 5.74) is 1.02. The normalized spacial score (nSPS) is 27.0. The van der Waals surface area contributed by atoms with Crippen molar-refractivity contribution in [1.82, 2.24) is 10.3 Å². The molecule has 1 aromatic rings. The zero-order chi connectivity index (χ0) is 15.5. The maximum absolute atomic E-state index is 12.0. The van der Waals surface area contributed by atoms with Crippen molar-refractivity contribution >= 4 is 17.7 Å². The Bertz CT molecular complexity index is 492. The summed E-state index contributed by atoms with van der Waals surface area (Å²) < 4.78 is 5.58. The predicted octanol–water partition coefficient (Wildman–Crippen LogP) is 2.63. The Hall–Kier alpha value is -1.07. The van der Waals surface area contributed by atoms with Gasteiger partial charge in [0.2, 0.25) is 5.91 Å². The molecule has 1 saturated carbocycles. The van der Waals surface area contributed by atoms with E-state index >= 15 is 0 Å². The van der Waals surface area contributed by atoms with Crippen LogP contribution >= 0.6 is 11.8 Å². The molecule has 1 amide bonds. The summed E-state index contributed by atoms with van der Waals surface area (Å²) in [4.78, 5) is 16.0. The third kappa shape index (κ3) is 3.40. The molecule has 1 heterocycles. The number of nitrogens with one attached hydrogen (secondary N) is 1. The number of methoxy groups -OCH3 is 1. The minimum Gasteiger partial charge on any atom is -0.378 e. The molecule has 1 fully saturated rings. The first kappa shape index (κ1) is 16.3. The lowest BCUT2D eigenvalue weighted by molar-refractivity contribution is -0.182. The zero-order valence-corrected chi connectivity index (χ0v) is 14.0. The number of carbonyl (C=O) groups excluding carboxylic acids is 1. The van der Waals surface area contributed by atoms with Crippen molar-refractivity contribution in [1.29, 1.82) is 0 Å². The van der Waals surface area contributed by atoms with E-state index in [1.54, 1.807) is 31.3 Å². The summed E-state index contributed by atoms with van der Waals surface area (Å²) >= 11 is 1.63. The highest BCUT2D eigenvalue weighted by molar-refractivity contribution is 7.99. The lowest BCUT2D eigenvalue weighted by atomic mass is 9.56. The van der Waals surface area contributed by atoms with E-state index in [0.29, 0.717) is 5.75 Å². The second-order valence-corrected chi connectivity index (χ2v) is 7.31. The number of hydrogen-bond acceptors (Lipinski definition) is 4. The molecule has 5 heteroatoms. The van der Waals surface area contributed by atoms with Crippen molar-refractivity contribution in [3.8, 4) is 0 Å². The first-order valence-electron chi connectivity index (χ1n) is 7.20. The highest BCUT2D eigenvalue weighted by atomic mass is 32.2. The smallest absolute Gasteiger partial charge is 0.230 e. The van der Waals surface area contributed by atoms with E-state index in [2.05, 4.69) is 31.1 Å². The molecule has 0 bridgehead atoms. The lowest BCUT2D eigenvalue weighted by Crippen LogP contribution is -2.68. The maximum atomic E-state index is 12.0. The monoisotopic (exact) mass is 308 g/mol. The van der Waals surface area contributed by atoms with Crippen molar-refractivity contribution in [3.63, 3.8) is 0 Å². The number of pyridine rings is 1. The van der Waals surface area contributed by atoms with Crippen LogP contribution in [-0.4, -0.2) is 35.4 Å². The lowest BCUT2D eigenvalue weighted by Gasteiger charge is -2.59. The fourth-order valence-electron chi connectivity index (χ4n) is 2.70. The van der Waals surface area contributed by atoms with Crippen molar-refractivity contribution in [3.05, 3.63) is 30.1 Å². The van der Waals surface area contributed by atoms with Gasteiger partial charge in [-0.3, -0.25) is 9.78 Å². The number of thioether (sulfide) groups is 1. The van der Waals surface area contributed by atoms with Gasteiger partial charge in [-0.2, -0.15) is 0 Å². The van der Waals surface area contributed by atoms with Gasteiger partial charge in [0.25, 0.3) is 0 Å². The SMILES string of the molecule is COC1(C)CC(NC(=O)CSCc2ccncc2)C1(C)C. The molecule has 0 aromatic carbocycles. The van der Waals surface area contributed by atoms with Gasteiger partial charge in [0, 0.05) is 36.7 Å². The quantitative estimate of drug-likeness (QED) is 0.878. The molecule has 1 aromatic heterocycles. The van der Waals surface area contributed by atoms with Gasteiger partial charge in [-0.05, 0) is 31.0 Å². The number of aromatic nitrogens is 1. The molecule has 116 valence electrons. The van der Waals surface area contributed by atoms with E-state index in [0.717, 1.165) is 12.2 Å². The molecule has 1 aliphatic carbocycles. The van der Waals surface area contributed by atoms with Gasteiger partial charge >= 0.3 is 0 Å². The van der Waals surface area contributed by atoms with Gasteiger partial charge in [-0.1, -0.05) is 13.8 Å². The molecule has 0 aliphatic heterocycles. The van der Waals surface area contributed by atoms with Crippen LogP contribution in [0.25, 0.3) is 0 Å². The van der Waals surface area contributed by atoms with E-state index in [4.69, 9.17) is 4.74 Å². The molecular formula is C16H24N2O2S. The largest absolute Gasteiger partial charge is 0.378 e.